The molecule has 8 amide bonds. The molecule has 0 fully saturated rings. The van der Waals surface area contributed by atoms with Crippen LogP contribution in [0.15, 0.2) is 0 Å². The molecule has 0 radical (unpaired) electrons. The van der Waals surface area contributed by atoms with Gasteiger partial charge in [-0.2, -0.15) is 0 Å². The molecule has 26 heteroatoms. The third-order valence-electron chi connectivity index (χ3n) is 18.7. The maximum Gasteiger partial charge on any atom is 0.221 e. The van der Waals surface area contributed by atoms with Gasteiger partial charge >= 0.3 is 0 Å². The van der Waals surface area contributed by atoms with Crippen molar-refractivity contribution in [3.05, 3.63) is 0 Å². The molecule has 0 atom stereocenters. The average molecular weight is 1860 g/mol. The molecule has 0 aromatic rings. The van der Waals surface area contributed by atoms with E-state index in [0.717, 1.165) is 245 Å². The zero-order valence-corrected chi connectivity index (χ0v) is 76.9. The molecule has 26 nitrogen and oxygen atoms in total. The number of Topliss-reactive ketones (excluding diaryl/α,β-unsaturated/α-hetero) is 4. The fourth-order valence-electron chi connectivity index (χ4n) is 11.3. The first kappa shape index (κ1) is 166. The SMILES string of the molecule is C.C.C.C.C.C.C.C.C.C.C.C.C.CCCCC(=O)CCCCCN(CCC(=O)NCCC)CCC(=O)NCCC.CCCCC(=O)CCCCCNCCC(=O)NCCC.CCCCC(=O)CCN(CCC(=O)CCCC)CCN(CCC(=O)NCCC)CCC(=O)NCCC.CCCNC(=O)CCN(CCC)CCC(=O)NCCC.CCCNCCC(=O)NCCC. The number of ketones is 4. The molecular formula is C103H232N14O12. The van der Waals surface area contributed by atoms with Crippen LogP contribution in [0, 0.1) is 0 Å². The second kappa shape index (κ2) is 133. The summed E-state index contributed by atoms with van der Waals surface area (Å²) in [6, 6.07) is 0. The van der Waals surface area contributed by atoms with Crippen LogP contribution in [0.1, 0.15) is 450 Å². The molecule has 0 aliphatic heterocycles. The predicted octanol–water partition coefficient (Wildman–Crippen LogP) is 20.7. The van der Waals surface area contributed by atoms with Crippen molar-refractivity contribution in [1.29, 1.82) is 0 Å². The molecule has 786 valence electrons. The van der Waals surface area contributed by atoms with Crippen LogP contribution in [0.3, 0.4) is 0 Å². The van der Waals surface area contributed by atoms with Gasteiger partial charge in [0.1, 0.15) is 23.1 Å². The Kier molecular flexibility index (Phi) is 171. The summed E-state index contributed by atoms with van der Waals surface area (Å²) in [5.41, 5.74) is 0. The zero-order chi connectivity index (χ0) is 87.6. The molecule has 10 N–H and O–H groups in total. The topological polar surface area (TPSA) is 338 Å². The van der Waals surface area contributed by atoms with Crippen LogP contribution in [-0.2, 0) is 57.5 Å². The largest absolute Gasteiger partial charge is 0.356 e. The van der Waals surface area contributed by atoms with E-state index in [1.807, 2.05) is 48.5 Å². The van der Waals surface area contributed by atoms with E-state index >= 15 is 0 Å². The van der Waals surface area contributed by atoms with E-state index < -0.39 is 0 Å². The average Bonchev–Trinajstić information content (AvgIpc) is 0.919. The third-order valence-corrected chi connectivity index (χ3v) is 18.7. The van der Waals surface area contributed by atoms with Gasteiger partial charge in [-0.05, 0) is 142 Å². The Morgan fingerprint density at radius 1 is 0.147 bits per heavy atom. The van der Waals surface area contributed by atoms with E-state index in [4.69, 9.17) is 0 Å². The van der Waals surface area contributed by atoms with Gasteiger partial charge in [-0.3, -0.25) is 57.5 Å². The van der Waals surface area contributed by atoms with Crippen molar-refractivity contribution in [2.45, 2.75) is 450 Å². The second-order valence-electron chi connectivity index (χ2n) is 30.4. The number of nitrogens with one attached hydrogen (secondary N) is 10. The van der Waals surface area contributed by atoms with Crippen LogP contribution in [0.4, 0.5) is 0 Å². The standard InChI is InChI=1S/C28H54N4O4.C22H43N3O3.C16H32N2O2.C15H31N3O2.C9H20N2O.13CH4/c1-5-9-11-25(33)13-19-31(20-14-26(34)12-10-6-2)23-24-32(21-15-27(35)29-17-7-3)22-16-28(36)30-18-8-4;1-4-7-11-20(26)12-9-8-10-17-25(18-13-21(27)23-15-5-2)19-14-22(28)24-16-6-3;1-3-5-9-15(19)10-7-6-8-13-17-14-11-16(20)18-12-4-2;1-4-9-16-14(19)7-12-18(11-6-3)13-8-15(20)17-10-5-2;1-3-6-10-8-5-9(12)11-7-4-2;;;;;;;;;;;;;/h5-24H2,1-4H3,(H,29,35)(H,30,36);4-19H2,1-3H3,(H,23,27)(H,24,28);17H,3-14H2,1-2H3,(H,18,20);4-13H2,1-3H3,(H,16,19)(H,17,20);10H,3-8H2,1-2H3,(H,11,12);13*1H4. The highest BCUT2D eigenvalue weighted by molar-refractivity contribution is 5.81. The first-order valence-corrected chi connectivity index (χ1v) is 46.5. The molecule has 0 aromatic carbocycles. The summed E-state index contributed by atoms with van der Waals surface area (Å²) in [6.45, 7) is 46.6. The normalized spacial score (nSPS) is 9.66. The van der Waals surface area contributed by atoms with Crippen molar-refractivity contribution in [3.8, 4) is 0 Å². The summed E-state index contributed by atoms with van der Waals surface area (Å²) in [5.74, 6) is 2.01. The Morgan fingerprint density at radius 2 is 0.341 bits per heavy atom. The van der Waals surface area contributed by atoms with Gasteiger partial charge in [-0.15, -0.1) is 0 Å². The van der Waals surface area contributed by atoms with Crippen molar-refractivity contribution in [2.24, 2.45) is 0 Å². The highest BCUT2D eigenvalue weighted by Gasteiger charge is 2.18. The quantitative estimate of drug-likeness (QED) is 0.0253. The molecule has 0 rings (SSSR count). The van der Waals surface area contributed by atoms with Crippen LogP contribution in [0.2, 0.25) is 0 Å². The van der Waals surface area contributed by atoms with E-state index in [1.54, 1.807) is 0 Å². The van der Waals surface area contributed by atoms with Gasteiger partial charge in [-0.25, -0.2) is 0 Å². The number of hydrogen-bond acceptors (Lipinski definition) is 18. The van der Waals surface area contributed by atoms with Crippen molar-refractivity contribution in [1.82, 2.24) is 72.8 Å². The second-order valence-corrected chi connectivity index (χ2v) is 30.4. The van der Waals surface area contributed by atoms with Gasteiger partial charge in [0.25, 0.3) is 0 Å². The molecule has 0 bridgehead atoms. The molecule has 0 saturated carbocycles. The molecule has 0 spiro atoms. The molecular weight excluding hydrogens is 1630 g/mol. The maximum atomic E-state index is 12.3. The zero-order valence-electron chi connectivity index (χ0n) is 76.9. The highest BCUT2D eigenvalue weighted by Crippen LogP contribution is 2.11. The van der Waals surface area contributed by atoms with E-state index in [-0.39, 0.29) is 155 Å². The Labute approximate surface area is 804 Å². The van der Waals surface area contributed by atoms with Gasteiger partial charge in [-0.1, -0.05) is 232 Å². The minimum Gasteiger partial charge on any atom is -0.356 e. The Bertz CT molecular complexity index is 2210. The van der Waals surface area contributed by atoms with Gasteiger partial charge in [0.2, 0.25) is 47.3 Å². The Balaban J connectivity index is -0.0000000754. The number of unbranched alkanes of at least 4 members (excludes halogenated alkanes) is 8. The molecule has 0 unspecified atom stereocenters. The first-order chi connectivity index (χ1) is 56.0. The van der Waals surface area contributed by atoms with Gasteiger partial charge < -0.3 is 72.8 Å². The lowest BCUT2D eigenvalue weighted by Gasteiger charge is -2.27. The van der Waals surface area contributed by atoms with Crippen molar-refractivity contribution >= 4 is 70.4 Å². The monoisotopic (exact) mass is 1860 g/mol. The van der Waals surface area contributed by atoms with Crippen LogP contribution >= 0.6 is 0 Å². The Morgan fingerprint density at radius 3 is 0.574 bits per heavy atom. The summed E-state index contributed by atoms with van der Waals surface area (Å²) >= 11 is 0. The summed E-state index contributed by atoms with van der Waals surface area (Å²) in [6.07, 6.45) is 32.9. The number of amides is 8. The summed E-state index contributed by atoms with van der Waals surface area (Å²) < 4.78 is 0. The number of hydrogen-bond donors (Lipinski definition) is 10. The summed E-state index contributed by atoms with van der Waals surface area (Å²) in [5, 5.41) is 29.5. The smallest absolute Gasteiger partial charge is 0.221 e. The summed E-state index contributed by atoms with van der Waals surface area (Å²) in [4.78, 5) is 150. The van der Waals surface area contributed by atoms with E-state index in [9.17, 15) is 57.5 Å². The van der Waals surface area contributed by atoms with Crippen molar-refractivity contribution < 1.29 is 57.5 Å². The number of nitrogens with zero attached hydrogens (tertiary/aromatic N) is 4. The van der Waals surface area contributed by atoms with E-state index in [0.29, 0.717) is 180 Å². The minimum absolute atomic E-state index is 0. The lowest BCUT2D eigenvalue weighted by atomic mass is 10.1. The predicted molar refractivity (Wildman–Crippen MR) is 567 cm³/mol. The van der Waals surface area contributed by atoms with Crippen LogP contribution in [0.25, 0.3) is 0 Å². The molecule has 0 aromatic heterocycles. The molecule has 0 saturated heterocycles. The van der Waals surface area contributed by atoms with Gasteiger partial charge in [0.05, 0.1) is 0 Å². The van der Waals surface area contributed by atoms with Crippen molar-refractivity contribution in [3.63, 3.8) is 0 Å². The van der Waals surface area contributed by atoms with E-state index in [1.165, 1.54) is 0 Å². The molecule has 0 aliphatic rings. The number of carbonyl (C=O) groups is 12. The van der Waals surface area contributed by atoms with E-state index in [2.05, 4.69) is 121 Å². The van der Waals surface area contributed by atoms with Crippen LogP contribution in [0.5, 0.6) is 0 Å². The Hall–Kier alpha value is -5.80. The first-order valence-electron chi connectivity index (χ1n) is 46.5. The molecule has 0 aliphatic carbocycles. The van der Waals surface area contributed by atoms with Crippen molar-refractivity contribution in [2.75, 3.05) is 157 Å². The lowest BCUT2D eigenvalue weighted by molar-refractivity contribution is -0.123. The minimum atomic E-state index is 0. The molecule has 0 heterocycles. The fraction of sp³-hybridized carbons (Fsp3) is 0.883. The van der Waals surface area contributed by atoms with Gasteiger partial charge in [0, 0.05) is 234 Å². The van der Waals surface area contributed by atoms with Gasteiger partial charge in [0.15, 0.2) is 0 Å². The number of carbonyl (C=O) groups excluding carboxylic acids is 12. The molecule has 129 heavy (non-hydrogen) atoms. The van der Waals surface area contributed by atoms with Crippen LogP contribution < -0.4 is 53.2 Å². The van der Waals surface area contributed by atoms with Crippen LogP contribution in [-0.4, -0.2) is 247 Å². The highest BCUT2D eigenvalue weighted by atomic mass is 16.2. The lowest BCUT2D eigenvalue weighted by Crippen LogP contribution is -2.40. The maximum absolute atomic E-state index is 12.3. The summed E-state index contributed by atoms with van der Waals surface area (Å²) in [7, 11) is 0. The third kappa shape index (κ3) is 133. The number of rotatable bonds is 77. The fourth-order valence-corrected chi connectivity index (χ4v) is 11.3.